The molecule has 2 aliphatic rings. The van der Waals surface area contributed by atoms with Crippen molar-refractivity contribution in [2.24, 2.45) is 0 Å². The number of imidazole rings is 1. The molecule has 1 aliphatic carbocycles. The lowest BCUT2D eigenvalue weighted by molar-refractivity contribution is 0.416. The van der Waals surface area contributed by atoms with E-state index in [9.17, 15) is 0 Å². The minimum atomic E-state index is 0.473. The van der Waals surface area contributed by atoms with Gasteiger partial charge in [0, 0.05) is 50.5 Å². The Hall–Kier alpha value is -3.72. The van der Waals surface area contributed by atoms with Gasteiger partial charge in [-0.05, 0) is 36.6 Å². The molecule has 0 bridgehead atoms. The SMILES string of the molecule is COc1ccccc1-c1ccc(CNc2nc(N3CCNCC3)nc3c2ncn3C2CCCC2)cn1. The Kier molecular flexibility index (Phi) is 6.38. The Morgan fingerprint density at radius 3 is 2.64 bits per heavy atom. The molecule has 36 heavy (non-hydrogen) atoms. The van der Waals surface area contributed by atoms with Gasteiger partial charge < -0.3 is 24.8 Å². The summed E-state index contributed by atoms with van der Waals surface area (Å²) < 4.78 is 7.76. The van der Waals surface area contributed by atoms with Crippen molar-refractivity contribution in [2.75, 3.05) is 43.5 Å². The number of methoxy groups -OCH3 is 1. The van der Waals surface area contributed by atoms with Gasteiger partial charge in [-0.25, -0.2) is 4.98 Å². The van der Waals surface area contributed by atoms with Crippen LogP contribution >= 0.6 is 0 Å². The topological polar surface area (TPSA) is 93.0 Å². The third-order valence-electron chi connectivity index (χ3n) is 7.20. The molecule has 1 aliphatic heterocycles. The van der Waals surface area contributed by atoms with Crippen molar-refractivity contribution in [3.05, 3.63) is 54.5 Å². The number of anilines is 2. The quantitative estimate of drug-likeness (QED) is 0.406. The molecule has 0 radical (unpaired) electrons. The number of rotatable bonds is 7. The van der Waals surface area contributed by atoms with Gasteiger partial charge in [-0.3, -0.25) is 4.98 Å². The van der Waals surface area contributed by atoms with Gasteiger partial charge in [0.05, 0.1) is 19.1 Å². The van der Waals surface area contributed by atoms with Gasteiger partial charge in [-0.1, -0.05) is 31.0 Å². The van der Waals surface area contributed by atoms with E-state index in [1.165, 1.54) is 25.7 Å². The summed E-state index contributed by atoms with van der Waals surface area (Å²) in [4.78, 5) is 21.6. The first-order chi connectivity index (χ1) is 17.8. The second-order valence-electron chi connectivity index (χ2n) is 9.48. The van der Waals surface area contributed by atoms with Crippen molar-refractivity contribution in [3.63, 3.8) is 0 Å². The molecule has 3 aromatic heterocycles. The van der Waals surface area contributed by atoms with E-state index in [2.05, 4.69) is 26.2 Å². The average Bonchev–Trinajstić information content (AvgIpc) is 3.63. The van der Waals surface area contributed by atoms with E-state index >= 15 is 0 Å². The second-order valence-corrected chi connectivity index (χ2v) is 9.48. The summed E-state index contributed by atoms with van der Waals surface area (Å²) in [7, 11) is 1.68. The number of hydrogen-bond donors (Lipinski definition) is 2. The van der Waals surface area contributed by atoms with Gasteiger partial charge in [-0.2, -0.15) is 9.97 Å². The summed E-state index contributed by atoms with van der Waals surface area (Å²) in [6.07, 6.45) is 8.76. The Morgan fingerprint density at radius 1 is 1.03 bits per heavy atom. The molecular weight excluding hydrogens is 452 g/mol. The van der Waals surface area contributed by atoms with Gasteiger partial charge in [0.15, 0.2) is 17.0 Å². The molecule has 0 spiro atoms. The van der Waals surface area contributed by atoms with Crippen LogP contribution in [0.4, 0.5) is 11.8 Å². The Labute approximate surface area is 211 Å². The standard InChI is InChI=1S/C27H32N8O/c1-36-23-9-5-4-8-21(23)22-11-10-19(16-29-22)17-30-25-24-26(35(18-31-24)20-6-2-3-7-20)33-27(32-25)34-14-12-28-13-15-34/h4-5,8-11,16,18,20,28H,2-3,6-7,12-15,17H2,1H3,(H,30,32,33). The predicted octanol–water partition coefficient (Wildman–Crippen LogP) is 4.03. The van der Waals surface area contributed by atoms with E-state index in [4.69, 9.17) is 24.7 Å². The van der Waals surface area contributed by atoms with Crippen LogP contribution in [0.1, 0.15) is 37.3 Å². The molecule has 9 nitrogen and oxygen atoms in total. The van der Waals surface area contributed by atoms with Crippen LogP contribution in [0.5, 0.6) is 5.75 Å². The molecule has 1 saturated carbocycles. The fourth-order valence-corrected chi connectivity index (χ4v) is 5.21. The highest BCUT2D eigenvalue weighted by molar-refractivity contribution is 5.84. The first-order valence-corrected chi connectivity index (χ1v) is 12.8. The van der Waals surface area contributed by atoms with Gasteiger partial charge in [-0.15, -0.1) is 0 Å². The molecule has 1 aromatic carbocycles. The average molecular weight is 485 g/mol. The van der Waals surface area contributed by atoms with Gasteiger partial charge in [0.1, 0.15) is 5.75 Å². The number of para-hydroxylation sites is 1. The predicted molar refractivity (Wildman–Crippen MR) is 141 cm³/mol. The number of pyridine rings is 1. The Balaban J connectivity index is 1.27. The summed E-state index contributed by atoms with van der Waals surface area (Å²) >= 11 is 0. The maximum absolute atomic E-state index is 5.49. The molecule has 2 fully saturated rings. The van der Waals surface area contributed by atoms with Crippen LogP contribution in [-0.2, 0) is 6.54 Å². The van der Waals surface area contributed by atoms with E-state index in [1.54, 1.807) is 7.11 Å². The third-order valence-corrected chi connectivity index (χ3v) is 7.20. The maximum Gasteiger partial charge on any atom is 0.229 e. The summed E-state index contributed by atoms with van der Waals surface area (Å²) in [5.41, 5.74) is 4.70. The number of hydrogen-bond acceptors (Lipinski definition) is 8. The molecule has 4 aromatic rings. The highest BCUT2D eigenvalue weighted by Gasteiger charge is 2.23. The second kappa shape index (κ2) is 10.1. The van der Waals surface area contributed by atoms with Gasteiger partial charge in [0.25, 0.3) is 0 Å². The van der Waals surface area contributed by atoms with Crippen molar-refractivity contribution < 1.29 is 4.74 Å². The zero-order chi connectivity index (χ0) is 24.3. The molecule has 186 valence electrons. The fourth-order valence-electron chi connectivity index (χ4n) is 5.21. The largest absolute Gasteiger partial charge is 0.496 e. The highest BCUT2D eigenvalue weighted by atomic mass is 16.5. The first kappa shape index (κ1) is 22.7. The lowest BCUT2D eigenvalue weighted by atomic mass is 10.1. The van der Waals surface area contributed by atoms with Crippen LogP contribution in [-0.4, -0.2) is 57.8 Å². The molecule has 1 saturated heterocycles. The monoisotopic (exact) mass is 484 g/mol. The van der Waals surface area contributed by atoms with Crippen LogP contribution in [0.2, 0.25) is 0 Å². The number of piperazine rings is 1. The first-order valence-electron chi connectivity index (χ1n) is 12.8. The molecule has 4 heterocycles. The number of fused-ring (bicyclic) bond motifs is 1. The molecular formula is C27H32N8O. The van der Waals surface area contributed by atoms with Crippen LogP contribution < -0.4 is 20.3 Å². The lowest BCUT2D eigenvalue weighted by Gasteiger charge is -2.27. The lowest BCUT2D eigenvalue weighted by Crippen LogP contribution is -2.44. The van der Waals surface area contributed by atoms with Gasteiger partial charge >= 0.3 is 0 Å². The van der Waals surface area contributed by atoms with E-state index in [1.807, 2.05) is 42.9 Å². The zero-order valence-electron chi connectivity index (χ0n) is 20.7. The zero-order valence-corrected chi connectivity index (χ0v) is 20.7. The van der Waals surface area contributed by atoms with Crippen LogP contribution in [0, 0.1) is 0 Å². The van der Waals surface area contributed by atoms with Crippen LogP contribution in [0.15, 0.2) is 48.9 Å². The highest BCUT2D eigenvalue weighted by Crippen LogP contribution is 2.33. The molecule has 0 unspecified atom stereocenters. The number of ether oxygens (including phenoxy) is 1. The number of benzene rings is 1. The summed E-state index contributed by atoms with van der Waals surface area (Å²) in [5, 5.41) is 6.95. The van der Waals surface area contributed by atoms with Crippen molar-refractivity contribution in [3.8, 4) is 17.0 Å². The third kappa shape index (κ3) is 4.46. The summed E-state index contributed by atoms with van der Waals surface area (Å²) in [6, 6.07) is 12.5. The molecule has 0 atom stereocenters. The van der Waals surface area contributed by atoms with Gasteiger partial charge in [0.2, 0.25) is 5.95 Å². The van der Waals surface area contributed by atoms with E-state index in [-0.39, 0.29) is 0 Å². The fraction of sp³-hybridized carbons (Fsp3) is 0.407. The normalized spacial score (nSPS) is 16.5. The number of nitrogens with zero attached hydrogens (tertiary/aromatic N) is 6. The minimum Gasteiger partial charge on any atom is -0.496 e. The van der Waals surface area contributed by atoms with Crippen LogP contribution in [0.3, 0.4) is 0 Å². The minimum absolute atomic E-state index is 0.473. The summed E-state index contributed by atoms with van der Waals surface area (Å²) in [6.45, 7) is 4.28. The van der Waals surface area contributed by atoms with Crippen molar-refractivity contribution in [1.82, 2.24) is 29.8 Å². The number of aromatic nitrogens is 5. The summed E-state index contributed by atoms with van der Waals surface area (Å²) in [5.74, 6) is 2.37. The Bertz CT molecular complexity index is 1320. The molecule has 2 N–H and O–H groups in total. The van der Waals surface area contributed by atoms with Crippen molar-refractivity contribution in [2.45, 2.75) is 38.3 Å². The van der Waals surface area contributed by atoms with E-state index in [0.717, 1.165) is 71.7 Å². The smallest absolute Gasteiger partial charge is 0.229 e. The molecule has 6 rings (SSSR count). The van der Waals surface area contributed by atoms with E-state index < -0.39 is 0 Å². The van der Waals surface area contributed by atoms with E-state index in [0.29, 0.717) is 12.6 Å². The van der Waals surface area contributed by atoms with Crippen molar-refractivity contribution >= 4 is 22.9 Å². The van der Waals surface area contributed by atoms with Crippen molar-refractivity contribution in [1.29, 1.82) is 0 Å². The molecule has 9 heteroatoms. The number of nitrogens with one attached hydrogen (secondary N) is 2. The maximum atomic E-state index is 5.49. The van der Waals surface area contributed by atoms with Crippen LogP contribution in [0.25, 0.3) is 22.4 Å². The Morgan fingerprint density at radius 2 is 1.86 bits per heavy atom. The molecule has 0 amide bonds.